The van der Waals surface area contributed by atoms with Crippen LogP contribution >= 0.6 is 0 Å². The molecule has 0 aliphatic rings. The van der Waals surface area contributed by atoms with Gasteiger partial charge in [-0.15, -0.1) is 0 Å². The number of rotatable bonds is 5. The zero-order chi connectivity index (χ0) is 9.72. The van der Waals surface area contributed by atoms with Crippen LogP contribution in [-0.4, -0.2) is 86.7 Å². The molecular weight excluding hydrogens is 287 g/mol. The first-order chi connectivity index (χ1) is 5.54. The van der Waals surface area contributed by atoms with Gasteiger partial charge in [0.2, 0.25) is 0 Å². The van der Waals surface area contributed by atoms with Gasteiger partial charge in [0.25, 0.3) is 0 Å². The Hall–Kier alpha value is 0.269. The molecule has 0 aliphatic carbocycles. The summed E-state index contributed by atoms with van der Waals surface area (Å²) in [4.78, 5) is 10.5. The fourth-order valence-electron chi connectivity index (χ4n) is 0.602. The molecule has 0 saturated heterocycles. The Morgan fingerprint density at radius 2 is 1.62 bits per heavy atom. The molecule has 0 aromatic rings. The number of carbonyl (C=O) groups excluding carboxylic acids is 1. The third-order valence-electron chi connectivity index (χ3n) is 1.39. The van der Waals surface area contributed by atoms with Crippen molar-refractivity contribution in [3.63, 3.8) is 0 Å². The maximum absolute atomic E-state index is 10.5. The first kappa shape index (κ1) is 15.7. The number of ketones is 1. The van der Waals surface area contributed by atoms with E-state index in [1.807, 2.05) is 0 Å². The maximum Gasteiger partial charge on any atom is 0.189 e. The van der Waals surface area contributed by atoms with Crippen LogP contribution in [0.5, 0.6) is 0 Å². The number of aliphatic hydroxyl groups is 5. The van der Waals surface area contributed by atoms with Crippen molar-refractivity contribution in [2.45, 2.75) is 18.3 Å². The van der Waals surface area contributed by atoms with E-state index in [4.69, 9.17) is 25.5 Å². The Labute approximate surface area is 91.8 Å². The summed E-state index contributed by atoms with van der Waals surface area (Å²) in [6, 6.07) is 0. The van der Waals surface area contributed by atoms with Gasteiger partial charge in [0.05, 0.1) is 6.61 Å². The molecule has 4 radical (unpaired) electrons. The van der Waals surface area contributed by atoms with Gasteiger partial charge in [-0.3, -0.25) is 4.79 Å². The Kier molecular flexibility index (Phi) is 9.26. The topological polar surface area (TPSA) is 118 Å². The summed E-state index contributed by atoms with van der Waals surface area (Å²) < 4.78 is 0. The molecule has 0 saturated carbocycles. The minimum atomic E-state index is -1.86. The Morgan fingerprint density at radius 3 is 1.92 bits per heavy atom. The first-order valence-electron chi connectivity index (χ1n) is 3.33. The molecule has 7 heteroatoms. The van der Waals surface area contributed by atoms with Crippen LogP contribution in [0, 0.1) is 0 Å². The van der Waals surface area contributed by atoms with E-state index in [0.717, 1.165) is 0 Å². The number of hydrogen-bond acceptors (Lipinski definition) is 6. The smallest absolute Gasteiger partial charge is 0.189 e. The zero-order valence-electron chi connectivity index (χ0n) is 6.79. The van der Waals surface area contributed by atoms with Crippen LogP contribution < -0.4 is 0 Å². The first-order valence-corrected chi connectivity index (χ1v) is 3.33. The summed E-state index contributed by atoms with van der Waals surface area (Å²) in [7, 11) is 0. The summed E-state index contributed by atoms with van der Waals surface area (Å²) in [6.45, 7) is -1.69. The van der Waals surface area contributed by atoms with Gasteiger partial charge in [-0.05, 0) is 0 Å². The number of Topliss-reactive ketones (excluding diaryl/α,β-unsaturated/α-hetero) is 1. The van der Waals surface area contributed by atoms with E-state index in [9.17, 15) is 4.79 Å². The largest absolute Gasteiger partial charge is 0.394 e. The molecule has 0 fully saturated rings. The zero-order valence-corrected chi connectivity index (χ0v) is 9.64. The van der Waals surface area contributed by atoms with E-state index >= 15 is 0 Å². The standard InChI is InChI=1S/C6H12O6.Sn/c7-1-3(9)5(11)6(12)4(10)2-8;/h3,5-9,11-12H,1-2H2;/t3-,5-,6+;/m1./s1. The number of carbonyl (C=O) groups is 1. The molecule has 76 valence electrons. The second-order valence-electron chi connectivity index (χ2n) is 2.31. The second-order valence-corrected chi connectivity index (χ2v) is 2.31. The van der Waals surface area contributed by atoms with Crippen LogP contribution in [0.3, 0.4) is 0 Å². The van der Waals surface area contributed by atoms with Crippen molar-refractivity contribution in [2.24, 2.45) is 0 Å². The Morgan fingerprint density at radius 1 is 1.15 bits per heavy atom. The van der Waals surface area contributed by atoms with Gasteiger partial charge < -0.3 is 25.5 Å². The predicted molar refractivity (Wildman–Crippen MR) is 43.0 cm³/mol. The van der Waals surface area contributed by atoms with Crippen LogP contribution in [0.4, 0.5) is 0 Å². The van der Waals surface area contributed by atoms with E-state index in [-0.39, 0.29) is 23.9 Å². The molecule has 13 heavy (non-hydrogen) atoms. The Balaban J connectivity index is 0. The molecule has 5 N–H and O–H groups in total. The van der Waals surface area contributed by atoms with E-state index in [1.165, 1.54) is 0 Å². The summed E-state index contributed by atoms with van der Waals surface area (Å²) in [5.41, 5.74) is 0. The molecule has 0 aromatic carbocycles. The molecule has 3 atom stereocenters. The van der Waals surface area contributed by atoms with Crippen molar-refractivity contribution in [3.05, 3.63) is 0 Å². The molecule has 0 rings (SSSR count). The van der Waals surface area contributed by atoms with Crippen molar-refractivity contribution in [1.29, 1.82) is 0 Å². The minimum absolute atomic E-state index is 0. The van der Waals surface area contributed by atoms with Crippen molar-refractivity contribution in [1.82, 2.24) is 0 Å². The van der Waals surface area contributed by atoms with Gasteiger partial charge in [0.1, 0.15) is 24.9 Å². The second kappa shape index (κ2) is 7.65. The SMILES string of the molecule is O=C(CO)[C@H](O)[C@H](O)[C@H](O)CO.[Sn]. The third-order valence-corrected chi connectivity index (χ3v) is 1.39. The van der Waals surface area contributed by atoms with E-state index in [1.54, 1.807) is 0 Å². The summed E-state index contributed by atoms with van der Waals surface area (Å²) in [5, 5.41) is 43.1. The average Bonchev–Trinajstić information content (AvgIpc) is 2.12. The molecule has 0 aromatic heterocycles. The van der Waals surface area contributed by atoms with E-state index in [0.29, 0.717) is 0 Å². The van der Waals surface area contributed by atoms with Gasteiger partial charge in [0.15, 0.2) is 5.78 Å². The normalized spacial score (nSPS) is 17.0. The van der Waals surface area contributed by atoms with Crippen molar-refractivity contribution >= 4 is 29.7 Å². The monoisotopic (exact) mass is 300 g/mol. The van der Waals surface area contributed by atoms with Crippen molar-refractivity contribution in [2.75, 3.05) is 13.2 Å². The Bertz CT molecular complexity index is 152. The molecule has 0 unspecified atom stereocenters. The van der Waals surface area contributed by atoms with Crippen LogP contribution in [0.15, 0.2) is 0 Å². The molecule has 0 spiro atoms. The minimum Gasteiger partial charge on any atom is -0.394 e. The van der Waals surface area contributed by atoms with Crippen LogP contribution in [0.2, 0.25) is 0 Å². The van der Waals surface area contributed by atoms with E-state index < -0.39 is 37.3 Å². The van der Waals surface area contributed by atoms with Gasteiger partial charge >= 0.3 is 0 Å². The molecule has 0 bridgehead atoms. The van der Waals surface area contributed by atoms with Crippen molar-refractivity contribution in [3.8, 4) is 0 Å². The summed E-state index contributed by atoms with van der Waals surface area (Å²) in [6.07, 6.45) is -5.22. The molecular formula is C6H12O6Sn. The maximum atomic E-state index is 10.5. The molecule has 6 nitrogen and oxygen atoms in total. The van der Waals surface area contributed by atoms with Gasteiger partial charge in [-0.1, -0.05) is 0 Å². The average molecular weight is 299 g/mol. The van der Waals surface area contributed by atoms with Gasteiger partial charge in [-0.2, -0.15) is 0 Å². The summed E-state index contributed by atoms with van der Waals surface area (Å²) in [5.74, 6) is -1.00. The molecule has 0 aliphatic heterocycles. The fourth-order valence-corrected chi connectivity index (χ4v) is 0.602. The molecule has 0 heterocycles. The number of hydrogen-bond donors (Lipinski definition) is 5. The van der Waals surface area contributed by atoms with Gasteiger partial charge in [-0.25, -0.2) is 0 Å². The predicted octanol–water partition coefficient (Wildman–Crippen LogP) is -3.76. The van der Waals surface area contributed by atoms with Crippen LogP contribution in [0.25, 0.3) is 0 Å². The van der Waals surface area contributed by atoms with Crippen LogP contribution in [0.1, 0.15) is 0 Å². The van der Waals surface area contributed by atoms with Crippen molar-refractivity contribution < 1.29 is 30.3 Å². The third kappa shape index (κ3) is 4.89. The quantitative estimate of drug-likeness (QED) is 0.333. The van der Waals surface area contributed by atoms with Gasteiger partial charge in [0, 0.05) is 23.9 Å². The fraction of sp³-hybridized carbons (Fsp3) is 0.833. The van der Waals surface area contributed by atoms with E-state index in [2.05, 4.69) is 0 Å². The number of aliphatic hydroxyl groups excluding tert-OH is 5. The van der Waals surface area contributed by atoms with Crippen LogP contribution in [-0.2, 0) is 4.79 Å². The molecule has 0 amide bonds. The summed E-state index contributed by atoms with van der Waals surface area (Å²) >= 11 is 0.